The van der Waals surface area contributed by atoms with E-state index in [0.29, 0.717) is 11.3 Å². The Morgan fingerprint density at radius 1 is 1.20 bits per heavy atom. The van der Waals surface area contributed by atoms with Crippen LogP contribution in [-0.4, -0.2) is 30.7 Å². The van der Waals surface area contributed by atoms with Crippen LogP contribution in [0.2, 0.25) is 0 Å². The van der Waals surface area contributed by atoms with Crippen molar-refractivity contribution in [3.05, 3.63) is 41.5 Å². The molecule has 0 spiro atoms. The number of aryl methyl sites for hydroxylation is 1. The van der Waals surface area contributed by atoms with Crippen LogP contribution in [0.15, 0.2) is 30.3 Å². The fourth-order valence-corrected chi connectivity index (χ4v) is 3.48. The third-order valence-electron chi connectivity index (χ3n) is 4.71. The molecular weight excluding hydrogens is 316 g/mol. The first-order valence-electron chi connectivity index (χ1n) is 8.28. The van der Waals surface area contributed by atoms with Crippen molar-refractivity contribution in [3.8, 4) is 16.9 Å². The summed E-state index contributed by atoms with van der Waals surface area (Å²) in [6.07, 6.45) is 0. The summed E-state index contributed by atoms with van der Waals surface area (Å²) in [5, 5.41) is 13.4. The quantitative estimate of drug-likeness (QED) is 0.900. The molecule has 2 N–H and O–H groups in total. The lowest BCUT2D eigenvalue weighted by Crippen LogP contribution is -2.52. The molecule has 1 heterocycles. The number of hydrogen-bond acceptors (Lipinski definition) is 4. The summed E-state index contributed by atoms with van der Waals surface area (Å²) >= 11 is 0. The second kappa shape index (κ2) is 6.08. The van der Waals surface area contributed by atoms with E-state index in [1.807, 2.05) is 51.1 Å². The van der Waals surface area contributed by atoms with Gasteiger partial charge in [-0.05, 0) is 44.5 Å². The summed E-state index contributed by atoms with van der Waals surface area (Å²) in [6, 6.07) is 9.85. The van der Waals surface area contributed by atoms with Gasteiger partial charge in [-0.25, -0.2) is 0 Å². The van der Waals surface area contributed by atoms with E-state index in [-0.39, 0.29) is 12.5 Å². The number of hydrogen-bond donors (Lipinski definition) is 2. The van der Waals surface area contributed by atoms with Crippen LogP contribution in [0.3, 0.4) is 0 Å². The maximum atomic E-state index is 12.7. The van der Waals surface area contributed by atoms with Crippen LogP contribution in [0, 0.1) is 6.92 Å². The summed E-state index contributed by atoms with van der Waals surface area (Å²) < 4.78 is 5.50. The van der Waals surface area contributed by atoms with Crippen LogP contribution in [0.5, 0.6) is 5.75 Å². The first-order chi connectivity index (χ1) is 11.8. The predicted octanol–water partition coefficient (Wildman–Crippen LogP) is 3.33. The zero-order chi connectivity index (χ0) is 18.4. The lowest BCUT2D eigenvalue weighted by molar-refractivity contribution is -0.121. The number of rotatable bonds is 3. The Bertz CT molecular complexity index is 843. The minimum Gasteiger partial charge on any atom is -0.496 e. The molecule has 0 atom stereocenters. The minimum absolute atomic E-state index is 0.0388. The van der Waals surface area contributed by atoms with E-state index in [9.17, 15) is 9.90 Å². The number of carbonyl (C=O) groups excluding carboxylic acids is 1. The third kappa shape index (κ3) is 2.74. The maximum absolute atomic E-state index is 12.7. The van der Waals surface area contributed by atoms with Gasteiger partial charge in [0.25, 0.3) is 5.91 Å². The lowest BCUT2D eigenvalue weighted by atomic mass is 9.91. The first-order valence-corrected chi connectivity index (χ1v) is 8.28. The molecular formula is C20H24N2O3. The predicted molar refractivity (Wildman–Crippen MR) is 100 cm³/mol. The number of ether oxygens (including phenoxy) is 1. The number of nitrogens with zero attached hydrogens (tertiary/aromatic N) is 1. The second-order valence-corrected chi connectivity index (χ2v) is 6.96. The fourth-order valence-electron chi connectivity index (χ4n) is 3.48. The molecule has 1 aliphatic rings. The molecule has 2 aromatic rings. The van der Waals surface area contributed by atoms with Crippen LogP contribution < -0.4 is 15.0 Å². The molecule has 0 aliphatic carbocycles. The average molecular weight is 340 g/mol. The highest BCUT2D eigenvalue weighted by Gasteiger charge is 2.38. The summed E-state index contributed by atoms with van der Waals surface area (Å²) in [4.78, 5) is 14.3. The summed E-state index contributed by atoms with van der Waals surface area (Å²) in [5.74, 6) is 0.696. The van der Waals surface area contributed by atoms with Gasteiger partial charge in [0.1, 0.15) is 11.3 Å². The number of benzene rings is 2. The van der Waals surface area contributed by atoms with Crippen LogP contribution in [0.25, 0.3) is 11.1 Å². The van der Waals surface area contributed by atoms with Gasteiger partial charge in [0.05, 0.1) is 25.1 Å². The highest BCUT2D eigenvalue weighted by atomic mass is 16.5. The van der Waals surface area contributed by atoms with Crippen LogP contribution in [-0.2, 0) is 11.4 Å². The molecule has 132 valence electrons. The third-order valence-corrected chi connectivity index (χ3v) is 4.71. The number of methoxy groups -OCH3 is 1. The Balaban J connectivity index is 2.26. The molecule has 2 aromatic carbocycles. The van der Waals surface area contributed by atoms with E-state index in [1.54, 1.807) is 19.1 Å². The van der Waals surface area contributed by atoms with Gasteiger partial charge in [-0.2, -0.15) is 0 Å². The number of amides is 1. The second-order valence-electron chi connectivity index (χ2n) is 6.96. The maximum Gasteiger partial charge on any atom is 0.251 e. The van der Waals surface area contributed by atoms with Gasteiger partial charge in [-0.15, -0.1) is 0 Å². The molecule has 5 nitrogen and oxygen atoms in total. The molecule has 0 unspecified atom stereocenters. The highest BCUT2D eigenvalue weighted by Crippen LogP contribution is 2.43. The summed E-state index contributed by atoms with van der Waals surface area (Å²) in [5.41, 5.74) is 4.44. The molecule has 1 amide bonds. The highest BCUT2D eigenvalue weighted by molar-refractivity contribution is 6.08. The number of aliphatic hydroxyl groups excluding tert-OH is 1. The average Bonchev–Trinajstić information content (AvgIpc) is 2.58. The number of aliphatic hydroxyl groups is 1. The number of nitrogens with one attached hydrogen (secondary N) is 1. The Hall–Kier alpha value is -2.53. The Morgan fingerprint density at radius 2 is 1.92 bits per heavy atom. The topological polar surface area (TPSA) is 61.8 Å². The van der Waals surface area contributed by atoms with Crippen molar-refractivity contribution in [1.29, 1.82) is 0 Å². The van der Waals surface area contributed by atoms with E-state index in [4.69, 9.17) is 4.74 Å². The van der Waals surface area contributed by atoms with Crippen LogP contribution in [0.1, 0.15) is 25.0 Å². The SMILES string of the molecule is COc1ccc(C)cc1-c1ccc2c(c1CO)N(C)C(=O)C(C)(C)N2. The minimum atomic E-state index is -0.684. The van der Waals surface area contributed by atoms with Crippen LogP contribution >= 0.6 is 0 Å². The monoisotopic (exact) mass is 340 g/mol. The van der Waals surface area contributed by atoms with Gasteiger partial charge in [0.15, 0.2) is 0 Å². The normalized spacial score (nSPS) is 15.6. The molecule has 0 bridgehead atoms. The molecule has 1 aliphatic heterocycles. The Morgan fingerprint density at radius 3 is 2.56 bits per heavy atom. The zero-order valence-electron chi connectivity index (χ0n) is 15.3. The zero-order valence-corrected chi connectivity index (χ0v) is 15.3. The standard InChI is InChI=1S/C20H24N2O3/c1-12-6-9-17(25-5)14(10-12)13-7-8-16-18(15(13)11-23)22(4)19(24)20(2,3)21-16/h6-10,21,23H,11H2,1-5H3. The van der Waals surface area contributed by atoms with Gasteiger partial charge >= 0.3 is 0 Å². The number of likely N-dealkylation sites (N-methyl/N-ethyl adjacent to an activating group) is 1. The van der Waals surface area contributed by atoms with Crippen molar-refractivity contribution in [2.24, 2.45) is 0 Å². The Kier molecular flexibility index (Phi) is 4.21. The van der Waals surface area contributed by atoms with E-state index in [0.717, 1.165) is 28.1 Å². The van der Waals surface area contributed by atoms with E-state index < -0.39 is 5.54 Å². The van der Waals surface area contributed by atoms with E-state index >= 15 is 0 Å². The van der Waals surface area contributed by atoms with E-state index in [2.05, 4.69) is 5.32 Å². The molecule has 25 heavy (non-hydrogen) atoms. The summed E-state index contributed by atoms with van der Waals surface area (Å²) in [7, 11) is 3.38. The van der Waals surface area contributed by atoms with Crippen molar-refractivity contribution in [1.82, 2.24) is 0 Å². The van der Waals surface area contributed by atoms with Crippen LogP contribution in [0.4, 0.5) is 11.4 Å². The Labute approximate surface area is 148 Å². The molecule has 3 rings (SSSR count). The molecule has 0 saturated heterocycles. The van der Waals surface area contributed by atoms with Crippen molar-refractivity contribution in [2.45, 2.75) is 32.9 Å². The van der Waals surface area contributed by atoms with Gasteiger partial charge in [-0.1, -0.05) is 17.7 Å². The van der Waals surface area contributed by atoms with Gasteiger partial charge in [-0.3, -0.25) is 4.79 Å². The fraction of sp³-hybridized carbons (Fsp3) is 0.350. The van der Waals surface area contributed by atoms with Gasteiger partial charge < -0.3 is 20.1 Å². The van der Waals surface area contributed by atoms with E-state index in [1.165, 1.54) is 0 Å². The van der Waals surface area contributed by atoms with Crippen molar-refractivity contribution in [3.63, 3.8) is 0 Å². The van der Waals surface area contributed by atoms with Crippen molar-refractivity contribution in [2.75, 3.05) is 24.4 Å². The van der Waals surface area contributed by atoms with Gasteiger partial charge in [0, 0.05) is 18.2 Å². The number of anilines is 2. The number of carbonyl (C=O) groups is 1. The van der Waals surface area contributed by atoms with Gasteiger partial charge in [0.2, 0.25) is 0 Å². The molecule has 0 fully saturated rings. The lowest BCUT2D eigenvalue weighted by Gasteiger charge is -2.39. The van der Waals surface area contributed by atoms with Crippen molar-refractivity contribution >= 4 is 17.3 Å². The number of fused-ring (bicyclic) bond motifs is 1. The van der Waals surface area contributed by atoms with Crippen molar-refractivity contribution < 1.29 is 14.6 Å². The molecule has 5 heteroatoms. The molecule has 0 saturated carbocycles. The first kappa shape index (κ1) is 17.3. The molecule has 0 radical (unpaired) electrons. The smallest absolute Gasteiger partial charge is 0.251 e. The summed E-state index contributed by atoms with van der Waals surface area (Å²) in [6.45, 7) is 5.55. The molecule has 0 aromatic heterocycles. The largest absolute Gasteiger partial charge is 0.496 e.